The molecule has 300 valence electrons. The first-order valence-electron chi connectivity index (χ1n) is 18.1. The lowest BCUT2D eigenvalue weighted by Gasteiger charge is -2.28. The molecule has 0 radical (unpaired) electrons. The smallest absolute Gasteiger partial charge is 0.425 e. The van der Waals surface area contributed by atoms with Gasteiger partial charge in [0.05, 0.1) is 11.9 Å². The van der Waals surface area contributed by atoms with Crippen molar-refractivity contribution in [2.75, 3.05) is 35.7 Å². The number of carbonyl (C=O) groups excluding carboxylic acids is 3. The molecule has 17 nitrogen and oxygen atoms in total. The van der Waals surface area contributed by atoms with Crippen molar-refractivity contribution in [1.29, 1.82) is 0 Å². The lowest BCUT2D eigenvalue weighted by atomic mass is 9.94. The minimum atomic E-state index is -4.15. The fraction of sp³-hybridized carbons (Fsp3) is 0.595. The Hall–Kier alpha value is -4.84. The van der Waals surface area contributed by atoms with E-state index in [4.69, 9.17) is 23.6 Å². The summed E-state index contributed by atoms with van der Waals surface area (Å²) in [6, 6.07) is 7.10. The molecular formula is C37H51N7O10S. The number of amides is 3. The second kappa shape index (κ2) is 15.4. The summed E-state index contributed by atoms with van der Waals surface area (Å²) in [7, 11) is -2.51. The maximum Gasteiger partial charge on any atom is 0.425 e. The third-order valence-corrected chi connectivity index (χ3v) is 9.66. The van der Waals surface area contributed by atoms with E-state index in [1.807, 2.05) is 4.90 Å². The van der Waals surface area contributed by atoms with Gasteiger partial charge in [0.2, 0.25) is 5.89 Å². The normalized spacial score (nSPS) is 18.8. The number of imide groups is 1. The van der Waals surface area contributed by atoms with Crippen molar-refractivity contribution in [2.45, 2.75) is 98.5 Å². The van der Waals surface area contributed by atoms with E-state index in [0.717, 1.165) is 12.0 Å². The summed E-state index contributed by atoms with van der Waals surface area (Å²) >= 11 is 0. The summed E-state index contributed by atoms with van der Waals surface area (Å²) in [5.41, 5.74) is -1.37. The van der Waals surface area contributed by atoms with Crippen LogP contribution in [0, 0.1) is 17.8 Å². The maximum absolute atomic E-state index is 13.7. The van der Waals surface area contributed by atoms with E-state index >= 15 is 0 Å². The molecule has 1 aliphatic heterocycles. The van der Waals surface area contributed by atoms with E-state index in [9.17, 15) is 27.4 Å². The Labute approximate surface area is 321 Å². The molecule has 2 aromatic heterocycles. The predicted octanol–water partition coefficient (Wildman–Crippen LogP) is 6.59. The average molecular weight is 786 g/mol. The second-order valence-corrected chi connectivity index (χ2v) is 18.6. The fourth-order valence-corrected chi connectivity index (χ4v) is 7.56. The summed E-state index contributed by atoms with van der Waals surface area (Å²) in [6.07, 6.45) is 0.281. The van der Waals surface area contributed by atoms with Gasteiger partial charge in [-0.25, -0.2) is 24.4 Å². The Bertz CT molecular complexity index is 1970. The molecule has 1 saturated carbocycles. The van der Waals surface area contributed by atoms with Gasteiger partial charge < -0.3 is 28.4 Å². The molecule has 3 heterocycles. The van der Waals surface area contributed by atoms with Crippen LogP contribution in [0.2, 0.25) is 0 Å². The third kappa shape index (κ3) is 10.9. The molecule has 2 fully saturated rings. The van der Waals surface area contributed by atoms with Crippen LogP contribution in [0.5, 0.6) is 0 Å². The molecule has 1 unspecified atom stereocenters. The summed E-state index contributed by atoms with van der Waals surface area (Å²) in [5.74, 6) is -0.331. The molecule has 1 aromatic carbocycles. The van der Waals surface area contributed by atoms with Gasteiger partial charge in [-0.1, -0.05) is 12.1 Å². The quantitative estimate of drug-likeness (QED) is 0.189. The minimum absolute atomic E-state index is 0.00576. The van der Waals surface area contributed by atoms with Gasteiger partial charge in [-0.15, -0.1) is 10.2 Å². The second-order valence-electron chi connectivity index (χ2n) is 17.1. The number of carbonyl (C=O) groups is 3. The van der Waals surface area contributed by atoms with Gasteiger partial charge in [0.1, 0.15) is 22.6 Å². The lowest BCUT2D eigenvalue weighted by molar-refractivity contribution is 0.0283. The fourth-order valence-electron chi connectivity index (χ4n) is 6.60. The summed E-state index contributed by atoms with van der Waals surface area (Å²) in [6.45, 7) is 16.6. The van der Waals surface area contributed by atoms with Crippen LogP contribution in [0.3, 0.4) is 0 Å². The van der Waals surface area contributed by atoms with Crippen molar-refractivity contribution in [2.24, 2.45) is 17.8 Å². The van der Waals surface area contributed by atoms with Crippen LogP contribution in [-0.4, -0.2) is 99.0 Å². The van der Waals surface area contributed by atoms with Crippen molar-refractivity contribution in [1.82, 2.24) is 25.1 Å². The van der Waals surface area contributed by atoms with Crippen molar-refractivity contribution >= 4 is 40.0 Å². The standard InChI is InChI=1S/C37H51N7O10S/c1-35(2,3)52-32(45)42(10)18-22-11-13-23(14-12-22)30-40-41-31(51-30)28-29(44(33(46)53-36(4,5)6)34(47)54-37(7,8)9)38-17-27(39-28)43-19-24-15-16-25(26(24)20-43)21-55(48,49)50/h11-14,17,24-26H,15-16,18-21H2,1-10H3,(H,48,49,50)/t24-,25?,26+/m0/s1. The van der Waals surface area contributed by atoms with Gasteiger partial charge in [-0.3, -0.25) is 4.55 Å². The zero-order valence-corrected chi connectivity index (χ0v) is 33.8. The number of hydrogen-bond acceptors (Lipinski definition) is 14. The highest BCUT2D eigenvalue weighted by molar-refractivity contribution is 7.85. The van der Waals surface area contributed by atoms with Crippen molar-refractivity contribution in [3.05, 3.63) is 36.0 Å². The largest absolute Gasteiger partial charge is 0.444 e. The van der Waals surface area contributed by atoms with Gasteiger partial charge in [0, 0.05) is 32.2 Å². The summed E-state index contributed by atoms with van der Waals surface area (Å²) < 4.78 is 55.8. The predicted molar refractivity (Wildman–Crippen MR) is 202 cm³/mol. The monoisotopic (exact) mass is 785 g/mol. The van der Waals surface area contributed by atoms with Crippen molar-refractivity contribution < 1.29 is 46.0 Å². The van der Waals surface area contributed by atoms with Gasteiger partial charge in [-0.2, -0.15) is 13.3 Å². The van der Waals surface area contributed by atoms with E-state index in [1.165, 1.54) is 11.1 Å². The van der Waals surface area contributed by atoms with Gasteiger partial charge in [0.25, 0.3) is 16.0 Å². The Kier molecular flexibility index (Phi) is 11.5. The molecule has 0 bridgehead atoms. The van der Waals surface area contributed by atoms with Crippen LogP contribution in [0.15, 0.2) is 34.9 Å². The Morgan fingerprint density at radius 1 is 0.855 bits per heavy atom. The molecule has 3 amide bonds. The minimum Gasteiger partial charge on any atom is -0.444 e. The first-order chi connectivity index (χ1) is 25.4. The highest BCUT2D eigenvalue weighted by Gasteiger charge is 2.45. The number of ether oxygens (including phenoxy) is 3. The number of hydrogen-bond donors (Lipinski definition) is 1. The molecule has 0 spiro atoms. The number of nitrogens with zero attached hydrogens (tertiary/aromatic N) is 7. The van der Waals surface area contributed by atoms with Gasteiger partial charge in [-0.05, 0) is 111 Å². The molecule has 3 aromatic rings. The topological polar surface area (TPSA) is 208 Å². The zero-order chi connectivity index (χ0) is 40.7. The van der Waals surface area contributed by atoms with Gasteiger partial charge in [0.15, 0.2) is 11.5 Å². The molecule has 1 saturated heterocycles. The van der Waals surface area contributed by atoms with E-state index < -0.39 is 45.2 Å². The molecule has 55 heavy (non-hydrogen) atoms. The molecule has 3 atom stereocenters. The van der Waals surface area contributed by atoms with E-state index in [2.05, 4.69) is 15.2 Å². The number of benzene rings is 1. The maximum atomic E-state index is 13.7. The zero-order valence-electron chi connectivity index (χ0n) is 33.0. The number of rotatable bonds is 8. The molecule has 2 aliphatic rings. The van der Waals surface area contributed by atoms with E-state index in [1.54, 1.807) is 93.6 Å². The summed E-state index contributed by atoms with van der Waals surface area (Å²) in [4.78, 5) is 53.3. The highest BCUT2D eigenvalue weighted by atomic mass is 32.2. The number of aromatic nitrogens is 4. The Morgan fingerprint density at radius 3 is 1.98 bits per heavy atom. The molecule has 1 aliphatic carbocycles. The molecule has 5 rings (SSSR count). The number of fused-ring (bicyclic) bond motifs is 1. The third-order valence-electron chi connectivity index (χ3n) is 8.81. The summed E-state index contributed by atoms with van der Waals surface area (Å²) in [5, 5.41) is 8.48. The van der Waals surface area contributed by atoms with Crippen LogP contribution in [-0.2, 0) is 30.9 Å². The van der Waals surface area contributed by atoms with E-state index in [-0.39, 0.29) is 53.3 Å². The highest BCUT2D eigenvalue weighted by Crippen LogP contribution is 2.44. The Balaban J connectivity index is 1.51. The van der Waals surface area contributed by atoms with Gasteiger partial charge >= 0.3 is 18.3 Å². The van der Waals surface area contributed by atoms with E-state index in [0.29, 0.717) is 35.8 Å². The Morgan fingerprint density at radius 2 is 1.42 bits per heavy atom. The van der Waals surface area contributed by atoms with Crippen LogP contribution in [0.25, 0.3) is 23.0 Å². The molecule has 1 N–H and O–H groups in total. The van der Waals surface area contributed by atoms with Crippen LogP contribution >= 0.6 is 0 Å². The van der Waals surface area contributed by atoms with Crippen LogP contribution in [0.1, 0.15) is 80.7 Å². The van der Waals surface area contributed by atoms with Crippen LogP contribution in [0.4, 0.5) is 26.0 Å². The number of anilines is 2. The average Bonchev–Trinajstić information content (AvgIpc) is 3.76. The van der Waals surface area contributed by atoms with Crippen LogP contribution < -0.4 is 9.80 Å². The molecule has 18 heteroatoms. The first-order valence-corrected chi connectivity index (χ1v) is 19.7. The van der Waals surface area contributed by atoms with Crippen molar-refractivity contribution in [3.63, 3.8) is 0 Å². The molecular weight excluding hydrogens is 735 g/mol. The lowest BCUT2D eigenvalue weighted by Crippen LogP contribution is -2.44. The van der Waals surface area contributed by atoms with Crippen molar-refractivity contribution in [3.8, 4) is 23.0 Å². The SMILES string of the molecule is CN(Cc1ccc(-c2nnc(-c3nc(N4C[C@@H]5CCC(CS(=O)(=O)O)[C@@H]5C4)cnc3N(C(=O)OC(C)(C)C)C(=O)OC(C)(C)C)o2)cc1)C(=O)OC(C)(C)C. The first kappa shape index (κ1) is 41.3.